The molecule has 1 saturated carbocycles. The smallest absolute Gasteiger partial charge is 0.164 e. The number of ether oxygens (including phenoxy) is 1. The van der Waals surface area contributed by atoms with Crippen LogP contribution in [0.4, 0.5) is 0 Å². The first-order valence-corrected chi connectivity index (χ1v) is 5.24. The molecule has 1 aliphatic rings. The molecule has 1 fully saturated rings. The van der Waals surface area contributed by atoms with Gasteiger partial charge in [-0.2, -0.15) is 0 Å². The zero-order valence-electron chi connectivity index (χ0n) is 9.16. The van der Waals surface area contributed by atoms with Crippen molar-refractivity contribution in [2.24, 2.45) is 5.73 Å². The van der Waals surface area contributed by atoms with Gasteiger partial charge in [0.15, 0.2) is 11.5 Å². The van der Waals surface area contributed by atoms with Crippen molar-refractivity contribution < 1.29 is 9.84 Å². The molecule has 3 heteroatoms. The monoisotopic (exact) mass is 207 g/mol. The van der Waals surface area contributed by atoms with E-state index in [1.807, 2.05) is 19.1 Å². The molecule has 0 bridgehead atoms. The summed E-state index contributed by atoms with van der Waals surface area (Å²) in [5.74, 6) is 0.772. The molecular formula is C12H17NO2. The van der Waals surface area contributed by atoms with Crippen LogP contribution >= 0.6 is 0 Å². The number of phenols is 1. The van der Waals surface area contributed by atoms with Gasteiger partial charge in [-0.1, -0.05) is 12.1 Å². The Balaban J connectivity index is 2.49. The summed E-state index contributed by atoms with van der Waals surface area (Å²) in [5.41, 5.74) is 7.06. The molecule has 2 rings (SSSR count). The lowest BCUT2D eigenvalue weighted by Crippen LogP contribution is -2.31. The van der Waals surface area contributed by atoms with Crippen LogP contribution in [0.5, 0.6) is 11.5 Å². The maximum atomic E-state index is 9.70. The Kier molecular flexibility index (Phi) is 2.35. The lowest BCUT2D eigenvalue weighted by Gasteiger charge is -2.22. The summed E-state index contributed by atoms with van der Waals surface area (Å²) < 4.78 is 5.25. The quantitative estimate of drug-likeness (QED) is 0.794. The van der Waals surface area contributed by atoms with E-state index in [9.17, 15) is 5.11 Å². The van der Waals surface area contributed by atoms with Gasteiger partial charge in [0.1, 0.15) is 0 Å². The minimum absolute atomic E-state index is 0.0179. The number of aromatic hydroxyl groups is 1. The predicted molar refractivity (Wildman–Crippen MR) is 59.2 cm³/mol. The van der Waals surface area contributed by atoms with Crippen molar-refractivity contribution in [3.05, 3.63) is 23.8 Å². The largest absolute Gasteiger partial charge is 0.504 e. The third kappa shape index (κ3) is 1.47. The molecule has 0 amide bonds. The van der Waals surface area contributed by atoms with E-state index in [0.717, 1.165) is 18.4 Å². The van der Waals surface area contributed by atoms with Crippen molar-refractivity contribution in [2.75, 3.05) is 7.11 Å². The van der Waals surface area contributed by atoms with Gasteiger partial charge in [0, 0.05) is 17.0 Å². The zero-order valence-corrected chi connectivity index (χ0v) is 9.16. The molecule has 1 aromatic carbocycles. The zero-order chi connectivity index (χ0) is 11.1. The molecule has 1 aliphatic carbocycles. The SMILES string of the molecule is COc1c(O)cccc1C1(C(C)N)CC1. The first kappa shape index (κ1) is 10.3. The second-order valence-corrected chi connectivity index (χ2v) is 4.30. The molecule has 0 heterocycles. The Morgan fingerprint density at radius 3 is 2.60 bits per heavy atom. The maximum Gasteiger partial charge on any atom is 0.164 e. The van der Waals surface area contributed by atoms with Crippen LogP contribution in [0.25, 0.3) is 0 Å². The highest BCUT2D eigenvalue weighted by atomic mass is 16.5. The number of hydrogen-bond acceptors (Lipinski definition) is 3. The highest BCUT2D eigenvalue weighted by Crippen LogP contribution is 2.54. The standard InChI is InChI=1S/C12H17NO2/c1-8(13)12(6-7-12)9-4-3-5-10(14)11(9)15-2/h3-5,8,14H,6-7,13H2,1-2H3. The summed E-state index contributed by atoms with van der Waals surface area (Å²) in [7, 11) is 1.58. The van der Waals surface area contributed by atoms with Crippen molar-refractivity contribution in [3.63, 3.8) is 0 Å². The van der Waals surface area contributed by atoms with Gasteiger partial charge in [-0.25, -0.2) is 0 Å². The molecule has 3 N–H and O–H groups in total. The normalized spacial score (nSPS) is 19.7. The van der Waals surface area contributed by atoms with Crippen LogP contribution in [0, 0.1) is 0 Å². The van der Waals surface area contributed by atoms with Crippen molar-refractivity contribution >= 4 is 0 Å². The third-order valence-corrected chi connectivity index (χ3v) is 3.40. The summed E-state index contributed by atoms with van der Waals surface area (Å²) in [6.45, 7) is 2.01. The number of hydrogen-bond donors (Lipinski definition) is 2. The van der Waals surface area contributed by atoms with Crippen LogP contribution in [0.2, 0.25) is 0 Å². The first-order valence-electron chi connectivity index (χ1n) is 5.24. The fourth-order valence-corrected chi connectivity index (χ4v) is 2.24. The summed E-state index contributed by atoms with van der Waals surface area (Å²) in [6.07, 6.45) is 2.15. The van der Waals surface area contributed by atoms with Crippen molar-refractivity contribution in [1.29, 1.82) is 0 Å². The highest BCUT2D eigenvalue weighted by Gasteiger charge is 2.49. The van der Waals surface area contributed by atoms with Gasteiger partial charge in [0.25, 0.3) is 0 Å². The Labute approximate surface area is 89.9 Å². The molecule has 15 heavy (non-hydrogen) atoms. The highest BCUT2D eigenvalue weighted by molar-refractivity contribution is 5.52. The van der Waals surface area contributed by atoms with Gasteiger partial charge in [-0.3, -0.25) is 0 Å². The molecule has 0 saturated heterocycles. The minimum atomic E-state index is 0.0179. The Hall–Kier alpha value is -1.22. The Morgan fingerprint density at radius 2 is 2.13 bits per heavy atom. The molecule has 0 radical (unpaired) electrons. The van der Waals surface area contributed by atoms with Crippen LogP contribution in [0.1, 0.15) is 25.3 Å². The minimum Gasteiger partial charge on any atom is -0.504 e. The maximum absolute atomic E-state index is 9.70. The molecule has 82 valence electrons. The number of rotatable bonds is 3. The molecule has 0 spiro atoms. The summed E-state index contributed by atoms with van der Waals surface area (Å²) in [5, 5.41) is 9.70. The van der Waals surface area contributed by atoms with Gasteiger partial charge in [0.05, 0.1) is 7.11 Å². The fourth-order valence-electron chi connectivity index (χ4n) is 2.24. The van der Waals surface area contributed by atoms with E-state index in [0.29, 0.717) is 5.75 Å². The third-order valence-electron chi connectivity index (χ3n) is 3.40. The first-order chi connectivity index (χ1) is 7.12. The van der Waals surface area contributed by atoms with Crippen LogP contribution in [-0.4, -0.2) is 18.3 Å². The lowest BCUT2D eigenvalue weighted by atomic mass is 9.88. The summed E-state index contributed by atoms with van der Waals surface area (Å²) in [6, 6.07) is 5.57. The van der Waals surface area contributed by atoms with Crippen LogP contribution < -0.4 is 10.5 Å². The van der Waals surface area contributed by atoms with Crippen molar-refractivity contribution in [2.45, 2.75) is 31.2 Å². The van der Waals surface area contributed by atoms with E-state index >= 15 is 0 Å². The molecule has 1 unspecified atom stereocenters. The summed E-state index contributed by atoms with van der Waals surface area (Å²) in [4.78, 5) is 0. The number of methoxy groups -OCH3 is 1. The fraction of sp³-hybridized carbons (Fsp3) is 0.500. The van der Waals surface area contributed by atoms with Gasteiger partial charge in [-0.15, -0.1) is 0 Å². The van der Waals surface area contributed by atoms with Gasteiger partial charge < -0.3 is 15.6 Å². The molecular weight excluding hydrogens is 190 g/mol. The molecule has 1 atom stereocenters. The number of para-hydroxylation sites is 1. The van der Waals surface area contributed by atoms with E-state index in [4.69, 9.17) is 10.5 Å². The van der Waals surface area contributed by atoms with E-state index in [1.165, 1.54) is 0 Å². The van der Waals surface area contributed by atoms with Gasteiger partial charge in [-0.05, 0) is 25.8 Å². The van der Waals surface area contributed by atoms with E-state index in [2.05, 4.69) is 0 Å². The topological polar surface area (TPSA) is 55.5 Å². The Morgan fingerprint density at radius 1 is 1.47 bits per heavy atom. The molecule has 1 aromatic rings. The van der Waals surface area contributed by atoms with Gasteiger partial charge >= 0.3 is 0 Å². The second-order valence-electron chi connectivity index (χ2n) is 4.30. The second kappa shape index (κ2) is 3.42. The van der Waals surface area contributed by atoms with E-state index in [-0.39, 0.29) is 17.2 Å². The van der Waals surface area contributed by atoms with E-state index < -0.39 is 0 Å². The molecule has 3 nitrogen and oxygen atoms in total. The number of nitrogens with two attached hydrogens (primary N) is 1. The van der Waals surface area contributed by atoms with Crippen molar-refractivity contribution in [1.82, 2.24) is 0 Å². The molecule has 0 aromatic heterocycles. The Bertz CT molecular complexity index is 370. The number of benzene rings is 1. The average molecular weight is 207 g/mol. The van der Waals surface area contributed by atoms with Crippen molar-refractivity contribution in [3.8, 4) is 11.5 Å². The van der Waals surface area contributed by atoms with Crippen LogP contribution in [0.15, 0.2) is 18.2 Å². The lowest BCUT2D eigenvalue weighted by molar-refractivity contribution is 0.361. The van der Waals surface area contributed by atoms with Crippen LogP contribution in [0.3, 0.4) is 0 Å². The van der Waals surface area contributed by atoms with Crippen LogP contribution in [-0.2, 0) is 5.41 Å². The molecule has 0 aliphatic heterocycles. The number of phenolic OH excluding ortho intramolecular Hbond substituents is 1. The van der Waals surface area contributed by atoms with Gasteiger partial charge in [0.2, 0.25) is 0 Å². The predicted octanol–water partition coefficient (Wildman–Crippen LogP) is 1.78. The summed E-state index contributed by atoms with van der Waals surface area (Å²) >= 11 is 0. The van der Waals surface area contributed by atoms with E-state index in [1.54, 1.807) is 13.2 Å². The average Bonchev–Trinajstić information content (AvgIpc) is 2.98.